The van der Waals surface area contributed by atoms with Crippen LogP contribution in [0.15, 0.2) is 35.3 Å². The number of pyridine rings is 1. The minimum atomic E-state index is -0.0499. The molecule has 0 bridgehead atoms. The maximum Gasteiger partial charge on any atom is 0.259 e. The second kappa shape index (κ2) is 7.02. The third-order valence-corrected chi connectivity index (χ3v) is 6.81. The van der Waals surface area contributed by atoms with E-state index in [-0.39, 0.29) is 5.56 Å². The molecule has 1 aromatic carbocycles. The fraction of sp³-hybridized carbons (Fsp3) is 0.211. The van der Waals surface area contributed by atoms with Crippen LogP contribution in [0.5, 0.6) is 0 Å². The lowest BCUT2D eigenvalue weighted by molar-refractivity contribution is 1.04. The Labute approximate surface area is 163 Å². The summed E-state index contributed by atoms with van der Waals surface area (Å²) in [5, 5.41) is 2.39. The van der Waals surface area contributed by atoms with Crippen molar-refractivity contribution in [3.05, 3.63) is 67.7 Å². The Morgan fingerprint density at radius 3 is 2.92 bits per heavy atom. The van der Waals surface area contributed by atoms with Crippen LogP contribution >= 0.6 is 34.7 Å². The SMILES string of the molecule is Cc1sc2nc(CSCc3ccc(Cl)c4cccnc34)[nH]c(=O)c2c1C. The van der Waals surface area contributed by atoms with Crippen molar-refractivity contribution in [2.75, 3.05) is 0 Å². The number of fused-ring (bicyclic) bond motifs is 2. The molecule has 7 heteroatoms. The predicted octanol–water partition coefficient (Wildman–Crippen LogP) is 5.24. The average molecular weight is 402 g/mol. The van der Waals surface area contributed by atoms with Gasteiger partial charge in [-0.05, 0) is 43.2 Å². The molecular formula is C19H16ClN3OS2. The summed E-state index contributed by atoms with van der Waals surface area (Å²) in [6, 6.07) is 7.79. The summed E-state index contributed by atoms with van der Waals surface area (Å²) in [4.78, 5) is 26.3. The molecule has 0 amide bonds. The van der Waals surface area contributed by atoms with E-state index in [2.05, 4.69) is 15.0 Å². The van der Waals surface area contributed by atoms with E-state index in [0.717, 1.165) is 37.5 Å². The molecule has 132 valence electrons. The number of halogens is 1. The Kier molecular flexibility index (Phi) is 4.73. The van der Waals surface area contributed by atoms with Gasteiger partial charge in [-0.2, -0.15) is 0 Å². The molecule has 4 rings (SSSR count). The van der Waals surface area contributed by atoms with E-state index < -0.39 is 0 Å². The highest BCUT2D eigenvalue weighted by atomic mass is 35.5. The first-order valence-corrected chi connectivity index (χ1v) is 10.5. The van der Waals surface area contributed by atoms with Crippen LogP contribution in [-0.2, 0) is 11.5 Å². The van der Waals surface area contributed by atoms with E-state index in [1.54, 1.807) is 29.3 Å². The first kappa shape index (κ1) is 17.5. The van der Waals surface area contributed by atoms with Gasteiger partial charge >= 0.3 is 0 Å². The number of aromatic amines is 1. The Morgan fingerprint density at radius 1 is 1.23 bits per heavy atom. The Morgan fingerprint density at radius 2 is 2.08 bits per heavy atom. The van der Waals surface area contributed by atoms with Crippen LogP contribution in [0.25, 0.3) is 21.1 Å². The first-order chi connectivity index (χ1) is 12.5. The second-order valence-electron chi connectivity index (χ2n) is 6.07. The molecule has 0 saturated heterocycles. The number of thiophene rings is 1. The minimum Gasteiger partial charge on any atom is -0.309 e. The Bertz CT molecular complexity index is 1180. The summed E-state index contributed by atoms with van der Waals surface area (Å²) >= 11 is 9.52. The van der Waals surface area contributed by atoms with Crippen molar-refractivity contribution in [3.8, 4) is 0 Å². The lowest BCUT2D eigenvalue weighted by atomic mass is 10.1. The molecule has 3 aromatic heterocycles. The highest BCUT2D eigenvalue weighted by Crippen LogP contribution is 2.29. The van der Waals surface area contributed by atoms with Gasteiger partial charge in [0, 0.05) is 27.2 Å². The molecule has 4 aromatic rings. The molecule has 4 nitrogen and oxygen atoms in total. The summed E-state index contributed by atoms with van der Waals surface area (Å²) < 4.78 is 0. The number of aryl methyl sites for hydroxylation is 2. The summed E-state index contributed by atoms with van der Waals surface area (Å²) in [5.41, 5.74) is 3.03. The van der Waals surface area contributed by atoms with Crippen molar-refractivity contribution in [2.24, 2.45) is 0 Å². The molecule has 26 heavy (non-hydrogen) atoms. The van der Waals surface area contributed by atoms with Crippen molar-refractivity contribution in [1.29, 1.82) is 0 Å². The van der Waals surface area contributed by atoms with Crippen molar-refractivity contribution >= 4 is 55.8 Å². The maximum absolute atomic E-state index is 12.4. The summed E-state index contributed by atoms with van der Waals surface area (Å²) in [6.45, 7) is 3.99. The Hall–Kier alpha value is -1.89. The van der Waals surface area contributed by atoms with Crippen molar-refractivity contribution in [3.63, 3.8) is 0 Å². The second-order valence-corrected chi connectivity index (χ2v) is 8.67. The molecule has 1 N–H and O–H groups in total. The van der Waals surface area contributed by atoms with Gasteiger partial charge in [0.25, 0.3) is 5.56 Å². The average Bonchev–Trinajstić information content (AvgIpc) is 2.92. The van der Waals surface area contributed by atoms with Crippen LogP contribution in [0.2, 0.25) is 5.02 Å². The van der Waals surface area contributed by atoms with Crippen LogP contribution < -0.4 is 5.56 Å². The number of hydrogen-bond donors (Lipinski definition) is 1. The van der Waals surface area contributed by atoms with Crippen LogP contribution in [0.1, 0.15) is 21.8 Å². The van der Waals surface area contributed by atoms with Crippen molar-refractivity contribution in [1.82, 2.24) is 15.0 Å². The molecular weight excluding hydrogens is 386 g/mol. The van der Waals surface area contributed by atoms with Crippen LogP contribution in [-0.4, -0.2) is 15.0 Å². The van der Waals surface area contributed by atoms with Crippen LogP contribution in [0, 0.1) is 13.8 Å². The smallest absolute Gasteiger partial charge is 0.259 e. The van der Waals surface area contributed by atoms with Gasteiger partial charge in [-0.25, -0.2) is 4.98 Å². The largest absolute Gasteiger partial charge is 0.309 e. The standard InChI is InChI=1S/C19H16ClN3OS2/c1-10-11(2)26-19-16(10)18(24)22-15(23-19)9-25-8-12-5-6-14(20)13-4-3-7-21-17(12)13/h3-7H,8-9H2,1-2H3,(H,22,23,24). The molecule has 0 aliphatic heterocycles. The molecule has 0 aliphatic carbocycles. The van der Waals surface area contributed by atoms with Gasteiger partial charge in [0.15, 0.2) is 0 Å². The summed E-state index contributed by atoms with van der Waals surface area (Å²) in [5.74, 6) is 2.12. The number of aromatic nitrogens is 3. The minimum absolute atomic E-state index is 0.0499. The Balaban J connectivity index is 1.56. The van der Waals surface area contributed by atoms with E-state index in [0.29, 0.717) is 22.0 Å². The van der Waals surface area contributed by atoms with Gasteiger partial charge in [-0.1, -0.05) is 17.7 Å². The van der Waals surface area contributed by atoms with Gasteiger partial charge in [-0.3, -0.25) is 9.78 Å². The number of rotatable bonds is 4. The topological polar surface area (TPSA) is 58.6 Å². The van der Waals surface area contributed by atoms with E-state index >= 15 is 0 Å². The zero-order chi connectivity index (χ0) is 18.3. The maximum atomic E-state index is 12.4. The summed E-state index contributed by atoms with van der Waals surface area (Å²) in [6.07, 6.45) is 1.78. The normalized spacial score (nSPS) is 11.5. The lowest BCUT2D eigenvalue weighted by Gasteiger charge is -2.07. The molecule has 0 aliphatic rings. The highest BCUT2D eigenvalue weighted by molar-refractivity contribution is 7.97. The molecule has 0 fully saturated rings. The number of hydrogen-bond acceptors (Lipinski definition) is 5. The lowest BCUT2D eigenvalue weighted by Crippen LogP contribution is -2.10. The van der Waals surface area contributed by atoms with Crippen molar-refractivity contribution < 1.29 is 0 Å². The number of thioether (sulfide) groups is 1. The molecule has 0 unspecified atom stereocenters. The number of nitrogens with zero attached hydrogens (tertiary/aromatic N) is 2. The van der Waals surface area contributed by atoms with E-state index in [1.165, 1.54) is 0 Å². The van der Waals surface area contributed by atoms with Gasteiger partial charge in [0.2, 0.25) is 0 Å². The van der Waals surface area contributed by atoms with E-state index in [4.69, 9.17) is 11.6 Å². The summed E-state index contributed by atoms with van der Waals surface area (Å²) in [7, 11) is 0. The number of benzene rings is 1. The van der Waals surface area contributed by atoms with Gasteiger partial charge in [0.1, 0.15) is 10.7 Å². The number of nitrogens with one attached hydrogen (secondary N) is 1. The third-order valence-electron chi connectivity index (χ3n) is 4.38. The van der Waals surface area contributed by atoms with E-state index in [1.807, 2.05) is 38.1 Å². The van der Waals surface area contributed by atoms with Crippen LogP contribution in [0.3, 0.4) is 0 Å². The zero-order valence-electron chi connectivity index (χ0n) is 14.3. The number of H-pyrrole nitrogens is 1. The quantitative estimate of drug-likeness (QED) is 0.508. The third kappa shape index (κ3) is 3.13. The van der Waals surface area contributed by atoms with E-state index in [9.17, 15) is 4.79 Å². The predicted molar refractivity (Wildman–Crippen MR) is 111 cm³/mol. The van der Waals surface area contributed by atoms with Crippen LogP contribution in [0.4, 0.5) is 0 Å². The van der Waals surface area contributed by atoms with Crippen molar-refractivity contribution in [2.45, 2.75) is 25.4 Å². The van der Waals surface area contributed by atoms with Gasteiger partial charge < -0.3 is 4.98 Å². The molecule has 0 spiro atoms. The molecule has 0 radical (unpaired) electrons. The zero-order valence-corrected chi connectivity index (χ0v) is 16.7. The molecule has 0 atom stereocenters. The monoisotopic (exact) mass is 401 g/mol. The van der Waals surface area contributed by atoms with Gasteiger partial charge in [0.05, 0.1) is 16.7 Å². The van der Waals surface area contributed by atoms with Gasteiger partial charge in [-0.15, -0.1) is 23.1 Å². The fourth-order valence-electron chi connectivity index (χ4n) is 2.94. The fourth-order valence-corrected chi connectivity index (χ4v) is 5.09. The highest BCUT2D eigenvalue weighted by Gasteiger charge is 2.12. The molecule has 0 saturated carbocycles. The first-order valence-electron chi connectivity index (χ1n) is 8.13. The molecule has 3 heterocycles.